The number of hydrogen-bond donors (Lipinski definition) is 1. The van der Waals surface area contributed by atoms with Crippen LogP contribution in [0.5, 0.6) is 0 Å². The predicted molar refractivity (Wildman–Crippen MR) is 75.0 cm³/mol. The van der Waals surface area contributed by atoms with E-state index in [1.807, 2.05) is 0 Å². The summed E-state index contributed by atoms with van der Waals surface area (Å²) in [7, 11) is 0. The van der Waals surface area contributed by atoms with E-state index < -0.39 is 0 Å². The largest absolute Gasteiger partial charge is 0.317 e. The fourth-order valence-corrected chi connectivity index (χ4v) is 3.11. The minimum atomic E-state index is 0.520. The Morgan fingerprint density at radius 3 is 2.47 bits per heavy atom. The summed E-state index contributed by atoms with van der Waals surface area (Å²) in [6, 6.07) is 0. The van der Waals surface area contributed by atoms with Crippen molar-refractivity contribution in [3.63, 3.8) is 0 Å². The summed E-state index contributed by atoms with van der Waals surface area (Å²) >= 11 is 0. The molecule has 1 rings (SSSR count). The van der Waals surface area contributed by atoms with Gasteiger partial charge in [0.2, 0.25) is 0 Å². The maximum absolute atomic E-state index is 5.48. The van der Waals surface area contributed by atoms with E-state index >= 15 is 0 Å². The van der Waals surface area contributed by atoms with Gasteiger partial charge in [0, 0.05) is 6.54 Å². The van der Waals surface area contributed by atoms with Gasteiger partial charge < -0.3 is 5.32 Å². The fraction of sp³-hybridized carbons (Fsp3) is 0.867. The standard InChI is InChI=1S/C15H28N2/c1-4-7-15(8-10-16-11-9-15)14-17(12-5-2)13-6-3/h2,16H,4,6-14H2,1,3H3. The molecule has 0 spiro atoms. The topological polar surface area (TPSA) is 15.3 Å². The third-order valence-electron chi connectivity index (χ3n) is 3.86. The molecule has 98 valence electrons. The average Bonchev–Trinajstić information content (AvgIpc) is 2.31. The second-order valence-electron chi connectivity index (χ2n) is 5.41. The summed E-state index contributed by atoms with van der Waals surface area (Å²) in [5.74, 6) is 2.81. The summed E-state index contributed by atoms with van der Waals surface area (Å²) in [5.41, 5.74) is 0.520. The number of rotatable bonds is 7. The Balaban J connectivity index is 2.59. The van der Waals surface area contributed by atoms with Crippen LogP contribution in [0.1, 0.15) is 46.0 Å². The van der Waals surface area contributed by atoms with Crippen LogP contribution in [0.2, 0.25) is 0 Å². The maximum atomic E-state index is 5.48. The van der Waals surface area contributed by atoms with Crippen LogP contribution < -0.4 is 5.32 Å². The predicted octanol–water partition coefficient (Wildman–Crippen LogP) is 2.50. The van der Waals surface area contributed by atoms with Gasteiger partial charge in [-0.05, 0) is 50.7 Å². The molecule has 17 heavy (non-hydrogen) atoms. The molecule has 2 heteroatoms. The Kier molecular flexibility index (Phi) is 6.62. The van der Waals surface area contributed by atoms with Crippen molar-refractivity contribution in [2.24, 2.45) is 5.41 Å². The number of terminal acetylenes is 1. The second-order valence-corrected chi connectivity index (χ2v) is 5.41. The molecule has 0 saturated carbocycles. The van der Waals surface area contributed by atoms with E-state index in [9.17, 15) is 0 Å². The van der Waals surface area contributed by atoms with E-state index in [2.05, 4.69) is 30.0 Å². The van der Waals surface area contributed by atoms with Crippen LogP contribution in [0.15, 0.2) is 0 Å². The van der Waals surface area contributed by atoms with Crippen molar-refractivity contribution in [1.29, 1.82) is 0 Å². The molecule has 0 amide bonds. The van der Waals surface area contributed by atoms with E-state index in [0.717, 1.165) is 13.1 Å². The molecule has 0 bridgehead atoms. The molecule has 1 aliphatic rings. The van der Waals surface area contributed by atoms with Crippen LogP contribution in [0.25, 0.3) is 0 Å². The molecule has 1 saturated heterocycles. The van der Waals surface area contributed by atoms with E-state index in [1.54, 1.807) is 0 Å². The van der Waals surface area contributed by atoms with Crippen molar-refractivity contribution in [2.45, 2.75) is 46.0 Å². The van der Waals surface area contributed by atoms with E-state index in [4.69, 9.17) is 6.42 Å². The van der Waals surface area contributed by atoms with Crippen molar-refractivity contribution in [3.8, 4) is 12.3 Å². The Bertz CT molecular complexity index is 230. The Morgan fingerprint density at radius 2 is 1.94 bits per heavy atom. The van der Waals surface area contributed by atoms with Crippen molar-refractivity contribution >= 4 is 0 Å². The van der Waals surface area contributed by atoms with E-state index in [0.29, 0.717) is 5.41 Å². The van der Waals surface area contributed by atoms with Gasteiger partial charge in [0.1, 0.15) is 0 Å². The van der Waals surface area contributed by atoms with E-state index in [1.165, 1.54) is 51.7 Å². The zero-order chi connectivity index (χ0) is 12.6. The highest BCUT2D eigenvalue weighted by Gasteiger charge is 2.32. The first-order chi connectivity index (χ1) is 8.26. The van der Waals surface area contributed by atoms with Crippen LogP contribution in [0.3, 0.4) is 0 Å². The van der Waals surface area contributed by atoms with Gasteiger partial charge in [-0.15, -0.1) is 6.42 Å². The monoisotopic (exact) mass is 236 g/mol. The van der Waals surface area contributed by atoms with Crippen molar-refractivity contribution in [3.05, 3.63) is 0 Å². The number of piperidine rings is 1. The summed E-state index contributed by atoms with van der Waals surface area (Å²) in [6.45, 7) is 10.0. The summed E-state index contributed by atoms with van der Waals surface area (Å²) in [5, 5.41) is 3.48. The summed E-state index contributed by atoms with van der Waals surface area (Å²) < 4.78 is 0. The first kappa shape index (κ1) is 14.5. The third kappa shape index (κ3) is 4.69. The molecule has 0 aromatic heterocycles. The lowest BCUT2D eigenvalue weighted by Crippen LogP contribution is -2.45. The molecule has 1 heterocycles. The van der Waals surface area contributed by atoms with Crippen molar-refractivity contribution in [2.75, 3.05) is 32.7 Å². The van der Waals surface area contributed by atoms with Crippen LogP contribution >= 0.6 is 0 Å². The van der Waals surface area contributed by atoms with Gasteiger partial charge in [-0.25, -0.2) is 0 Å². The lowest BCUT2D eigenvalue weighted by Gasteiger charge is -2.41. The molecule has 1 fully saturated rings. The lowest BCUT2D eigenvalue weighted by molar-refractivity contribution is 0.109. The SMILES string of the molecule is C#CCN(CCC)CC1(CCC)CCNCC1. The summed E-state index contributed by atoms with van der Waals surface area (Å²) in [4.78, 5) is 2.47. The minimum Gasteiger partial charge on any atom is -0.317 e. The number of nitrogens with one attached hydrogen (secondary N) is 1. The number of hydrogen-bond acceptors (Lipinski definition) is 2. The zero-order valence-electron chi connectivity index (χ0n) is 11.6. The quantitative estimate of drug-likeness (QED) is 0.683. The molecular weight excluding hydrogens is 208 g/mol. The first-order valence-electron chi connectivity index (χ1n) is 7.13. The van der Waals surface area contributed by atoms with E-state index in [-0.39, 0.29) is 0 Å². The maximum Gasteiger partial charge on any atom is 0.0599 e. The van der Waals surface area contributed by atoms with Gasteiger partial charge >= 0.3 is 0 Å². The van der Waals surface area contributed by atoms with Gasteiger partial charge in [-0.1, -0.05) is 26.2 Å². The number of nitrogens with zero attached hydrogens (tertiary/aromatic N) is 1. The minimum absolute atomic E-state index is 0.520. The fourth-order valence-electron chi connectivity index (χ4n) is 3.11. The second kappa shape index (κ2) is 7.74. The van der Waals surface area contributed by atoms with Gasteiger partial charge in [0.05, 0.1) is 6.54 Å². The lowest BCUT2D eigenvalue weighted by atomic mass is 9.75. The molecule has 0 aliphatic carbocycles. The molecule has 0 unspecified atom stereocenters. The molecule has 0 atom stereocenters. The van der Waals surface area contributed by atoms with Gasteiger partial charge in [-0.3, -0.25) is 4.90 Å². The molecule has 1 N–H and O–H groups in total. The van der Waals surface area contributed by atoms with Crippen LogP contribution in [-0.4, -0.2) is 37.6 Å². The molecule has 0 aromatic carbocycles. The zero-order valence-corrected chi connectivity index (χ0v) is 11.6. The normalized spacial score (nSPS) is 19.2. The third-order valence-corrected chi connectivity index (χ3v) is 3.86. The van der Waals surface area contributed by atoms with Gasteiger partial charge in [0.25, 0.3) is 0 Å². The van der Waals surface area contributed by atoms with Crippen molar-refractivity contribution in [1.82, 2.24) is 10.2 Å². The van der Waals surface area contributed by atoms with Gasteiger partial charge in [-0.2, -0.15) is 0 Å². The highest BCUT2D eigenvalue weighted by atomic mass is 15.1. The van der Waals surface area contributed by atoms with Crippen LogP contribution in [0, 0.1) is 17.8 Å². The van der Waals surface area contributed by atoms with Gasteiger partial charge in [0.15, 0.2) is 0 Å². The van der Waals surface area contributed by atoms with Crippen LogP contribution in [-0.2, 0) is 0 Å². The Labute approximate surface area is 107 Å². The Morgan fingerprint density at radius 1 is 1.24 bits per heavy atom. The highest BCUT2D eigenvalue weighted by molar-refractivity contribution is 4.92. The Hall–Kier alpha value is -0.520. The molecule has 2 nitrogen and oxygen atoms in total. The first-order valence-corrected chi connectivity index (χ1v) is 7.13. The average molecular weight is 236 g/mol. The summed E-state index contributed by atoms with van der Waals surface area (Å²) in [6.07, 6.45) is 11.9. The molecule has 0 radical (unpaired) electrons. The van der Waals surface area contributed by atoms with Crippen LogP contribution in [0.4, 0.5) is 0 Å². The molecule has 0 aromatic rings. The van der Waals surface area contributed by atoms with Crippen molar-refractivity contribution < 1.29 is 0 Å². The molecular formula is C15H28N2. The smallest absolute Gasteiger partial charge is 0.0599 e. The molecule has 1 aliphatic heterocycles. The highest BCUT2D eigenvalue weighted by Crippen LogP contribution is 2.34.